The van der Waals surface area contributed by atoms with Crippen molar-refractivity contribution in [3.63, 3.8) is 0 Å². The summed E-state index contributed by atoms with van der Waals surface area (Å²) in [5.41, 5.74) is 0.411. The van der Waals surface area contributed by atoms with Crippen molar-refractivity contribution in [1.82, 2.24) is 0 Å². The monoisotopic (exact) mass is 152 g/mol. The van der Waals surface area contributed by atoms with Crippen molar-refractivity contribution in [2.75, 3.05) is 0 Å². The van der Waals surface area contributed by atoms with E-state index >= 15 is 0 Å². The van der Waals surface area contributed by atoms with E-state index < -0.39 is 0 Å². The van der Waals surface area contributed by atoms with Crippen molar-refractivity contribution in [2.24, 2.45) is 5.41 Å². The molecule has 0 aliphatic heterocycles. The van der Waals surface area contributed by atoms with Crippen molar-refractivity contribution < 1.29 is 0 Å². The van der Waals surface area contributed by atoms with Crippen LogP contribution in [0.15, 0.2) is 24.3 Å². The Morgan fingerprint density at radius 3 is 1.91 bits per heavy atom. The lowest BCUT2D eigenvalue weighted by Gasteiger charge is -2.19. The van der Waals surface area contributed by atoms with Crippen LogP contribution in [0.3, 0.4) is 0 Å². The highest BCUT2D eigenvalue weighted by Gasteiger charge is 2.11. The normalized spacial score (nSPS) is 18.9. The molecule has 11 heavy (non-hydrogen) atoms. The zero-order valence-electron chi connectivity index (χ0n) is 8.22. The van der Waals surface area contributed by atoms with Gasteiger partial charge in [-0.2, -0.15) is 0 Å². The van der Waals surface area contributed by atoms with Crippen LogP contribution in [0.4, 0.5) is 0 Å². The quantitative estimate of drug-likeness (QED) is 0.493. The smallest absolute Gasteiger partial charge is 0.0137 e. The summed E-state index contributed by atoms with van der Waals surface area (Å²) in [6.45, 7) is 8.74. The van der Waals surface area contributed by atoms with Gasteiger partial charge in [-0.05, 0) is 11.8 Å². The summed E-state index contributed by atoms with van der Waals surface area (Å²) in [7, 11) is 0. The molecule has 0 amide bonds. The Morgan fingerprint density at radius 2 is 1.73 bits per heavy atom. The molecule has 0 saturated carbocycles. The molecule has 0 unspecified atom stereocenters. The Morgan fingerprint density at radius 1 is 1.18 bits per heavy atom. The molecule has 0 bridgehead atoms. The molecule has 0 nitrogen and oxygen atoms in total. The second-order valence-electron chi connectivity index (χ2n) is 3.69. The lowest BCUT2D eigenvalue weighted by atomic mass is 9.86. The molecule has 0 radical (unpaired) electrons. The summed E-state index contributed by atoms with van der Waals surface area (Å²) in [6.07, 6.45) is 11.1. The molecule has 0 aromatic carbocycles. The zero-order chi connectivity index (χ0) is 8.74. The maximum absolute atomic E-state index is 2.24. The number of hydrogen-bond donors (Lipinski definition) is 0. The van der Waals surface area contributed by atoms with Crippen LogP contribution in [0.25, 0.3) is 0 Å². The Labute approximate surface area is 71.0 Å². The van der Waals surface area contributed by atoms with Gasteiger partial charge in [-0.15, -0.1) is 0 Å². The summed E-state index contributed by atoms with van der Waals surface area (Å²) in [6, 6.07) is 0. The molecule has 0 aromatic heterocycles. The fourth-order valence-electron chi connectivity index (χ4n) is 0.834. The van der Waals surface area contributed by atoms with Crippen molar-refractivity contribution in [1.29, 1.82) is 0 Å². The van der Waals surface area contributed by atoms with Gasteiger partial charge < -0.3 is 0 Å². The number of rotatable bonds is 0. The van der Waals surface area contributed by atoms with Crippen LogP contribution >= 0.6 is 0 Å². The predicted octanol–water partition coefficient (Wildman–Crippen LogP) is 3.95. The highest BCUT2D eigenvalue weighted by molar-refractivity contribution is 5.13. The van der Waals surface area contributed by atoms with Crippen LogP contribution in [0.1, 0.15) is 40.5 Å². The second kappa shape index (κ2) is 5.17. The zero-order valence-corrected chi connectivity index (χ0v) is 8.22. The predicted molar refractivity (Wildman–Crippen MR) is 52.6 cm³/mol. The SMILES string of the molecule is CC1(C)C=CC=CC1.CCC. The van der Waals surface area contributed by atoms with Crippen molar-refractivity contribution in [3.8, 4) is 0 Å². The summed E-state index contributed by atoms with van der Waals surface area (Å²) in [5.74, 6) is 0. The molecule has 1 aliphatic carbocycles. The summed E-state index contributed by atoms with van der Waals surface area (Å²) in [4.78, 5) is 0. The fourth-order valence-corrected chi connectivity index (χ4v) is 0.834. The maximum atomic E-state index is 2.24. The van der Waals surface area contributed by atoms with Gasteiger partial charge in [-0.3, -0.25) is 0 Å². The molecular formula is C11H20. The minimum Gasteiger partial charge on any atom is -0.0837 e. The molecule has 1 aliphatic rings. The third-order valence-corrected chi connectivity index (χ3v) is 1.44. The molecule has 64 valence electrons. The van der Waals surface area contributed by atoms with E-state index in [4.69, 9.17) is 0 Å². The molecule has 0 N–H and O–H groups in total. The number of allylic oxidation sites excluding steroid dienone is 4. The average molecular weight is 152 g/mol. The van der Waals surface area contributed by atoms with Gasteiger partial charge in [0, 0.05) is 0 Å². The second-order valence-corrected chi connectivity index (χ2v) is 3.69. The Bertz CT molecular complexity index is 138. The molecule has 0 fully saturated rings. The van der Waals surface area contributed by atoms with Crippen LogP contribution < -0.4 is 0 Å². The molecule has 0 heteroatoms. The standard InChI is InChI=1S/C8H12.C3H8/c1-8(2)6-4-3-5-7-8;1-3-2/h3-6H,7H2,1-2H3;3H2,1-2H3. The average Bonchev–Trinajstić information content (AvgIpc) is 1.88. The highest BCUT2D eigenvalue weighted by Crippen LogP contribution is 2.24. The Kier molecular flexibility index (Phi) is 4.93. The van der Waals surface area contributed by atoms with Gasteiger partial charge >= 0.3 is 0 Å². The van der Waals surface area contributed by atoms with Crippen LogP contribution in [0.5, 0.6) is 0 Å². The fraction of sp³-hybridized carbons (Fsp3) is 0.636. The first-order chi connectivity index (χ1) is 5.12. The topological polar surface area (TPSA) is 0 Å². The minimum absolute atomic E-state index is 0.411. The molecule has 0 spiro atoms. The van der Waals surface area contributed by atoms with Gasteiger partial charge in [-0.1, -0.05) is 58.4 Å². The molecular weight excluding hydrogens is 132 g/mol. The van der Waals surface area contributed by atoms with Crippen LogP contribution in [-0.4, -0.2) is 0 Å². The molecule has 0 saturated heterocycles. The first kappa shape index (κ1) is 10.5. The van der Waals surface area contributed by atoms with Gasteiger partial charge in [0.1, 0.15) is 0 Å². The Balaban J connectivity index is 0.000000292. The van der Waals surface area contributed by atoms with Crippen LogP contribution in [0.2, 0.25) is 0 Å². The first-order valence-electron chi connectivity index (χ1n) is 4.46. The lowest BCUT2D eigenvalue weighted by molar-refractivity contribution is 0.484. The van der Waals surface area contributed by atoms with Gasteiger partial charge in [0.05, 0.1) is 0 Å². The van der Waals surface area contributed by atoms with E-state index in [1.807, 2.05) is 0 Å². The molecule has 0 aromatic rings. The van der Waals surface area contributed by atoms with E-state index in [1.165, 1.54) is 12.8 Å². The number of hydrogen-bond acceptors (Lipinski definition) is 0. The van der Waals surface area contributed by atoms with Crippen LogP contribution in [-0.2, 0) is 0 Å². The van der Waals surface area contributed by atoms with Crippen LogP contribution in [0, 0.1) is 5.41 Å². The van der Waals surface area contributed by atoms with E-state index in [-0.39, 0.29) is 0 Å². The first-order valence-corrected chi connectivity index (χ1v) is 4.46. The van der Waals surface area contributed by atoms with E-state index in [0.717, 1.165) is 0 Å². The Hall–Kier alpha value is -0.520. The van der Waals surface area contributed by atoms with Gasteiger partial charge in [-0.25, -0.2) is 0 Å². The largest absolute Gasteiger partial charge is 0.0837 e. The third-order valence-electron chi connectivity index (χ3n) is 1.44. The maximum Gasteiger partial charge on any atom is -0.0137 e. The van der Waals surface area contributed by atoms with Gasteiger partial charge in [0.25, 0.3) is 0 Å². The lowest BCUT2D eigenvalue weighted by Crippen LogP contribution is -2.06. The molecule has 0 atom stereocenters. The van der Waals surface area contributed by atoms with Crippen molar-refractivity contribution >= 4 is 0 Å². The van der Waals surface area contributed by atoms with E-state index in [9.17, 15) is 0 Å². The van der Waals surface area contributed by atoms with E-state index in [2.05, 4.69) is 52.0 Å². The van der Waals surface area contributed by atoms with Gasteiger partial charge in [0.2, 0.25) is 0 Å². The van der Waals surface area contributed by atoms with Crippen molar-refractivity contribution in [2.45, 2.75) is 40.5 Å². The van der Waals surface area contributed by atoms with E-state index in [1.54, 1.807) is 0 Å². The van der Waals surface area contributed by atoms with Crippen molar-refractivity contribution in [3.05, 3.63) is 24.3 Å². The third kappa shape index (κ3) is 5.90. The summed E-state index contributed by atoms with van der Waals surface area (Å²) < 4.78 is 0. The minimum atomic E-state index is 0.411. The van der Waals surface area contributed by atoms with Gasteiger partial charge in [0.15, 0.2) is 0 Å². The summed E-state index contributed by atoms with van der Waals surface area (Å²) in [5, 5.41) is 0. The summed E-state index contributed by atoms with van der Waals surface area (Å²) >= 11 is 0. The van der Waals surface area contributed by atoms with E-state index in [0.29, 0.717) is 5.41 Å². The highest BCUT2D eigenvalue weighted by atomic mass is 14.2. The molecule has 1 rings (SSSR count). The molecule has 0 heterocycles.